The van der Waals surface area contributed by atoms with Crippen LogP contribution in [-0.2, 0) is 9.53 Å². The molecule has 0 bridgehead atoms. The van der Waals surface area contributed by atoms with E-state index in [2.05, 4.69) is 5.10 Å². The van der Waals surface area contributed by atoms with Gasteiger partial charge in [-0.3, -0.25) is 4.79 Å². The van der Waals surface area contributed by atoms with E-state index in [9.17, 15) is 9.59 Å². The molecule has 0 aliphatic carbocycles. The Labute approximate surface area is 118 Å². The summed E-state index contributed by atoms with van der Waals surface area (Å²) in [6.45, 7) is 10.7. The van der Waals surface area contributed by atoms with Crippen LogP contribution in [0.25, 0.3) is 0 Å². The number of nitrogens with zero attached hydrogens (tertiary/aromatic N) is 2. The first-order chi connectivity index (χ1) is 9.03. The molecule has 0 aliphatic heterocycles. The van der Waals surface area contributed by atoms with E-state index in [-0.39, 0.29) is 12.3 Å². The van der Waals surface area contributed by atoms with Crippen LogP contribution in [0, 0.1) is 13.8 Å². The second-order valence-corrected chi connectivity index (χ2v) is 5.98. The molecule has 1 rings (SSSR count). The molecule has 0 saturated carbocycles. The molecule has 1 N–H and O–H groups in total. The SMILES string of the molecule is Cc1nn(C(=O)OC(C)(C)C)c(C)c1C(C)CC(=O)O. The quantitative estimate of drug-likeness (QED) is 0.921. The Hall–Kier alpha value is -1.85. The van der Waals surface area contributed by atoms with Crippen LogP contribution in [0.2, 0.25) is 0 Å². The third-order valence-electron chi connectivity index (χ3n) is 2.89. The predicted octanol–water partition coefficient (Wildman–Crippen LogP) is 2.86. The van der Waals surface area contributed by atoms with E-state index in [1.807, 2.05) is 6.92 Å². The monoisotopic (exact) mass is 282 g/mol. The fourth-order valence-corrected chi connectivity index (χ4v) is 2.21. The minimum Gasteiger partial charge on any atom is -0.481 e. The summed E-state index contributed by atoms with van der Waals surface area (Å²) in [5, 5.41) is 13.0. The number of carboxylic acid groups (broad SMARTS) is 1. The van der Waals surface area contributed by atoms with Crippen molar-refractivity contribution in [1.82, 2.24) is 9.78 Å². The van der Waals surface area contributed by atoms with Gasteiger partial charge in [-0.15, -0.1) is 0 Å². The number of carboxylic acids is 1. The summed E-state index contributed by atoms with van der Waals surface area (Å²) in [5.41, 5.74) is 1.47. The number of aryl methyl sites for hydroxylation is 1. The summed E-state index contributed by atoms with van der Waals surface area (Å²) in [7, 11) is 0. The zero-order valence-corrected chi connectivity index (χ0v) is 12.9. The van der Waals surface area contributed by atoms with Crippen LogP contribution in [0.5, 0.6) is 0 Å². The summed E-state index contributed by atoms with van der Waals surface area (Å²) in [5.74, 6) is -1.08. The minimum atomic E-state index is -0.874. The smallest absolute Gasteiger partial charge is 0.435 e. The van der Waals surface area contributed by atoms with Gasteiger partial charge in [0.05, 0.1) is 17.8 Å². The van der Waals surface area contributed by atoms with Gasteiger partial charge in [0, 0.05) is 5.56 Å². The zero-order valence-electron chi connectivity index (χ0n) is 12.9. The molecule has 112 valence electrons. The standard InChI is InChI=1S/C14H22N2O4/c1-8(7-11(17)18)12-9(2)15-16(10(12)3)13(19)20-14(4,5)6/h8H,7H2,1-6H3,(H,17,18). The van der Waals surface area contributed by atoms with E-state index in [0.717, 1.165) is 5.56 Å². The highest BCUT2D eigenvalue weighted by atomic mass is 16.6. The molecule has 1 heterocycles. The van der Waals surface area contributed by atoms with Crippen molar-refractivity contribution in [2.24, 2.45) is 0 Å². The Kier molecular flexibility index (Phi) is 4.57. The highest BCUT2D eigenvalue weighted by Gasteiger charge is 2.25. The maximum Gasteiger partial charge on any atom is 0.435 e. The number of aliphatic carboxylic acids is 1. The summed E-state index contributed by atoms with van der Waals surface area (Å²) in [6, 6.07) is 0. The van der Waals surface area contributed by atoms with Crippen molar-refractivity contribution in [1.29, 1.82) is 0 Å². The normalized spacial score (nSPS) is 13.1. The third kappa shape index (κ3) is 3.82. The lowest BCUT2D eigenvalue weighted by Gasteiger charge is -2.19. The molecule has 6 heteroatoms. The van der Waals surface area contributed by atoms with Crippen LogP contribution in [0.15, 0.2) is 0 Å². The number of hydrogen-bond acceptors (Lipinski definition) is 4. The summed E-state index contributed by atoms with van der Waals surface area (Å²) >= 11 is 0. The average molecular weight is 282 g/mol. The first-order valence-corrected chi connectivity index (χ1v) is 6.54. The minimum absolute atomic E-state index is 0.00168. The van der Waals surface area contributed by atoms with Crippen LogP contribution in [0.1, 0.15) is 57.0 Å². The molecule has 0 spiro atoms. The summed E-state index contributed by atoms with van der Waals surface area (Å²) in [4.78, 5) is 22.9. The molecule has 0 saturated heterocycles. The summed E-state index contributed by atoms with van der Waals surface area (Å²) < 4.78 is 6.48. The predicted molar refractivity (Wildman–Crippen MR) is 74.0 cm³/mol. The zero-order chi connectivity index (χ0) is 15.7. The van der Waals surface area contributed by atoms with E-state index in [1.165, 1.54) is 4.68 Å². The number of carbonyl (C=O) groups is 2. The van der Waals surface area contributed by atoms with Crippen molar-refractivity contribution in [2.75, 3.05) is 0 Å². The Bertz CT molecular complexity index is 526. The van der Waals surface area contributed by atoms with Crippen LogP contribution in [-0.4, -0.2) is 32.6 Å². The molecule has 0 fully saturated rings. The fraction of sp³-hybridized carbons (Fsp3) is 0.643. The molecule has 6 nitrogen and oxygen atoms in total. The van der Waals surface area contributed by atoms with E-state index >= 15 is 0 Å². The van der Waals surface area contributed by atoms with Gasteiger partial charge in [0.15, 0.2) is 0 Å². The van der Waals surface area contributed by atoms with Gasteiger partial charge in [-0.25, -0.2) is 4.79 Å². The molecular weight excluding hydrogens is 260 g/mol. The molecule has 20 heavy (non-hydrogen) atoms. The molecule has 1 unspecified atom stereocenters. The van der Waals surface area contributed by atoms with Gasteiger partial charge in [0.2, 0.25) is 0 Å². The first kappa shape index (κ1) is 16.2. The summed E-state index contributed by atoms with van der Waals surface area (Å²) in [6.07, 6.45) is -0.548. The van der Waals surface area contributed by atoms with E-state index < -0.39 is 17.7 Å². The van der Waals surface area contributed by atoms with Crippen molar-refractivity contribution in [3.8, 4) is 0 Å². The maximum absolute atomic E-state index is 12.1. The Morgan fingerprint density at radius 1 is 1.35 bits per heavy atom. The second-order valence-electron chi connectivity index (χ2n) is 5.98. The number of ether oxygens (including phenoxy) is 1. The number of rotatable bonds is 3. The molecule has 0 amide bonds. The lowest BCUT2D eigenvalue weighted by Crippen LogP contribution is -2.28. The number of carbonyl (C=O) groups excluding carboxylic acids is 1. The van der Waals surface area contributed by atoms with Crippen LogP contribution >= 0.6 is 0 Å². The largest absolute Gasteiger partial charge is 0.481 e. The first-order valence-electron chi connectivity index (χ1n) is 6.54. The van der Waals surface area contributed by atoms with Gasteiger partial charge in [0.1, 0.15) is 5.60 Å². The van der Waals surface area contributed by atoms with Crippen molar-refractivity contribution in [2.45, 2.75) is 59.5 Å². The molecule has 0 aliphatic rings. The van der Waals surface area contributed by atoms with Crippen molar-refractivity contribution in [3.63, 3.8) is 0 Å². The third-order valence-corrected chi connectivity index (χ3v) is 2.89. The Balaban J connectivity index is 3.08. The van der Waals surface area contributed by atoms with Crippen LogP contribution in [0.3, 0.4) is 0 Å². The highest BCUT2D eigenvalue weighted by Crippen LogP contribution is 2.26. The second kappa shape index (κ2) is 5.64. The molecule has 0 radical (unpaired) electrons. The lowest BCUT2D eigenvalue weighted by molar-refractivity contribution is -0.137. The van der Waals surface area contributed by atoms with Gasteiger partial charge in [-0.2, -0.15) is 9.78 Å². The molecule has 1 aromatic heterocycles. The van der Waals surface area contributed by atoms with E-state index in [4.69, 9.17) is 9.84 Å². The van der Waals surface area contributed by atoms with Gasteiger partial charge < -0.3 is 9.84 Å². The molecule has 0 aromatic carbocycles. The van der Waals surface area contributed by atoms with Crippen molar-refractivity contribution >= 4 is 12.1 Å². The van der Waals surface area contributed by atoms with Crippen LogP contribution < -0.4 is 0 Å². The van der Waals surface area contributed by atoms with Gasteiger partial charge in [0.25, 0.3) is 0 Å². The van der Waals surface area contributed by atoms with E-state index in [1.54, 1.807) is 34.6 Å². The average Bonchev–Trinajstić information content (AvgIpc) is 2.50. The molecule has 1 atom stereocenters. The van der Waals surface area contributed by atoms with Crippen molar-refractivity contribution in [3.05, 3.63) is 17.0 Å². The maximum atomic E-state index is 12.1. The molecular formula is C14H22N2O4. The van der Waals surface area contributed by atoms with Crippen molar-refractivity contribution < 1.29 is 19.4 Å². The number of hydrogen-bond donors (Lipinski definition) is 1. The highest BCUT2D eigenvalue weighted by molar-refractivity contribution is 5.72. The molecule has 1 aromatic rings. The van der Waals surface area contributed by atoms with E-state index in [0.29, 0.717) is 11.4 Å². The van der Waals surface area contributed by atoms with Gasteiger partial charge in [-0.1, -0.05) is 6.92 Å². The van der Waals surface area contributed by atoms with Crippen LogP contribution in [0.4, 0.5) is 4.79 Å². The lowest BCUT2D eigenvalue weighted by atomic mass is 9.96. The van der Waals surface area contributed by atoms with Gasteiger partial charge >= 0.3 is 12.1 Å². The Morgan fingerprint density at radius 2 is 1.90 bits per heavy atom. The topological polar surface area (TPSA) is 81.4 Å². The van der Waals surface area contributed by atoms with Gasteiger partial charge in [-0.05, 0) is 40.5 Å². The fourth-order valence-electron chi connectivity index (χ4n) is 2.21. The number of aromatic nitrogens is 2. The Morgan fingerprint density at radius 3 is 2.35 bits per heavy atom.